The molecule has 2 heterocycles. The number of hydrogen-bond acceptors (Lipinski definition) is 4. The van der Waals surface area contributed by atoms with Crippen LogP contribution in [0.15, 0.2) is 41.8 Å². The van der Waals surface area contributed by atoms with Gasteiger partial charge in [0.2, 0.25) is 5.91 Å². The van der Waals surface area contributed by atoms with Crippen LogP contribution in [0.3, 0.4) is 0 Å². The van der Waals surface area contributed by atoms with Crippen LogP contribution in [0.2, 0.25) is 0 Å². The SMILES string of the molecule is COc1ccccc1NC(=O)C1CC12CCN(Cc1cccs1)CC2. The molecule has 1 N–H and O–H groups in total. The summed E-state index contributed by atoms with van der Waals surface area (Å²) in [5.41, 5.74) is 1.00. The zero-order valence-electron chi connectivity index (χ0n) is 14.5. The van der Waals surface area contributed by atoms with Gasteiger partial charge in [-0.2, -0.15) is 0 Å². The third-order valence-electron chi connectivity index (χ3n) is 5.68. The number of ether oxygens (including phenoxy) is 1. The number of rotatable bonds is 5. The van der Waals surface area contributed by atoms with Crippen LogP contribution < -0.4 is 10.1 Å². The normalized spacial score (nSPS) is 21.9. The predicted octanol–water partition coefficient (Wildman–Crippen LogP) is 4.00. The lowest BCUT2D eigenvalue weighted by molar-refractivity contribution is -0.118. The zero-order chi connectivity index (χ0) is 17.3. The fourth-order valence-corrected chi connectivity index (χ4v) is 4.76. The Labute approximate surface area is 152 Å². The van der Waals surface area contributed by atoms with Gasteiger partial charge in [0.1, 0.15) is 5.75 Å². The van der Waals surface area contributed by atoms with E-state index in [0.717, 1.165) is 50.3 Å². The van der Waals surface area contributed by atoms with Crippen molar-refractivity contribution < 1.29 is 9.53 Å². The highest BCUT2D eigenvalue weighted by Crippen LogP contribution is 2.59. The number of thiophene rings is 1. The Balaban J connectivity index is 1.32. The number of nitrogens with one attached hydrogen (secondary N) is 1. The summed E-state index contributed by atoms with van der Waals surface area (Å²) in [5.74, 6) is 1.02. The number of anilines is 1. The number of methoxy groups -OCH3 is 1. The first-order chi connectivity index (χ1) is 12.2. The molecule has 1 atom stereocenters. The summed E-state index contributed by atoms with van der Waals surface area (Å²) in [6.07, 6.45) is 3.28. The highest BCUT2D eigenvalue weighted by Gasteiger charge is 2.58. The molecule has 1 amide bonds. The predicted molar refractivity (Wildman–Crippen MR) is 101 cm³/mol. The molecule has 1 aliphatic heterocycles. The molecule has 1 aliphatic carbocycles. The number of carbonyl (C=O) groups is 1. The van der Waals surface area contributed by atoms with E-state index in [9.17, 15) is 4.79 Å². The molecule has 4 rings (SSSR count). The lowest BCUT2D eigenvalue weighted by Crippen LogP contribution is -2.35. The molecule has 1 saturated heterocycles. The Morgan fingerprint density at radius 3 is 2.80 bits per heavy atom. The van der Waals surface area contributed by atoms with Crippen molar-refractivity contribution in [3.05, 3.63) is 46.7 Å². The number of nitrogens with zero attached hydrogens (tertiary/aromatic N) is 1. The van der Waals surface area contributed by atoms with Crippen LogP contribution >= 0.6 is 11.3 Å². The zero-order valence-corrected chi connectivity index (χ0v) is 15.3. The molecule has 2 fully saturated rings. The van der Waals surface area contributed by atoms with Gasteiger partial charge in [0, 0.05) is 17.3 Å². The van der Waals surface area contributed by atoms with Crippen LogP contribution in [0.5, 0.6) is 5.75 Å². The van der Waals surface area contributed by atoms with Gasteiger partial charge in [0.25, 0.3) is 0 Å². The molecule has 0 radical (unpaired) electrons. The van der Waals surface area contributed by atoms with Crippen molar-refractivity contribution in [1.82, 2.24) is 4.90 Å². The molecule has 5 heteroatoms. The fraction of sp³-hybridized carbons (Fsp3) is 0.450. The van der Waals surface area contributed by atoms with E-state index in [4.69, 9.17) is 4.74 Å². The van der Waals surface area contributed by atoms with Gasteiger partial charge in [-0.15, -0.1) is 11.3 Å². The lowest BCUT2D eigenvalue weighted by Gasteiger charge is -2.32. The summed E-state index contributed by atoms with van der Waals surface area (Å²) in [6.45, 7) is 3.23. The van der Waals surface area contributed by atoms with E-state index < -0.39 is 0 Å². The summed E-state index contributed by atoms with van der Waals surface area (Å²) in [5, 5.41) is 5.21. The van der Waals surface area contributed by atoms with E-state index in [-0.39, 0.29) is 17.2 Å². The van der Waals surface area contributed by atoms with E-state index in [1.807, 2.05) is 35.6 Å². The average Bonchev–Trinajstić information content (AvgIpc) is 3.08. The maximum atomic E-state index is 12.7. The van der Waals surface area contributed by atoms with Crippen molar-refractivity contribution in [2.75, 3.05) is 25.5 Å². The Morgan fingerprint density at radius 2 is 2.08 bits per heavy atom. The fourth-order valence-electron chi connectivity index (χ4n) is 4.02. The molecule has 0 bridgehead atoms. The van der Waals surface area contributed by atoms with Crippen molar-refractivity contribution in [2.45, 2.75) is 25.8 Å². The monoisotopic (exact) mass is 356 g/mol. The number of carbonyl (C=O) groups excluding carboxylic acids is 1. The molecule has 4 nitrogen and oxygen atoms in total. The van der Waals surface area contributed by atoms with Crippen LogP contribution in [0.1, 0.15) is 24.1 Å². The summed E-state index contributed by atoms with van der Waals surface area (Å²) in [4.78, 5) is 16.6. The van der Waals surface area contributed by atoms with Crippen LogP contribution in [0.4, 0.5) is 5.69 Å². The Bertz CT molecular complexity index is 736. The van der Waals surface area contributed by atoms with E-state index >= 15 is 0 Å². The van der Waals surface area contributed by atoms with Crippen molar-refractivity contribution in [3.63, 3.8) is 0 Å². The summed E-state index contributed by atoms with van der Waals surface area (Å²) >= 11 is 1.82. The second kappa shape index (κ2) is 6.81. The number of para-hydroxylation sites is 2. The van der Waals surface area contributed by atoms with Gasteiger partial charge >= 0.3 is 0 Å². The molecule has 2 aromatic rings. The smallest absolute Gasteiger partial charge is 0.228 e. The van der Waals surface area contributed by atoms with Gasteiger partial charge in [0.05, 0.1) is 12.8 Å². The van der Waals surface area contributed by atoms with E-state index in [0.29, 0.717) is 0 Å². The van der Waals surface area contributed by atoms with Gasteiger partial charge in [-0.1, -0.05) is 18.2 Å². The molecule has 1 unspecified atom stereocenters. The van der Waals surface area contributed by atoms with E-state index in [1.165, 1.54) is 4.88 Å². The third kappa shape index (κ3) is 3.44. The van der Waals surface area contributed by atoms with Crippen LogP contribution in [-0.2, 0) is 11.3 Å². The highest BCUT2D eigenvalue weighted by molar-refractivity contribution is 7.09. The van der Waals surface area contributed by atoms with Gasteiger partial charge in [-0.05, 0) is 61.3 Å². The van der Waals surface area contributed by atoms with Crippen molar-refractivity contribution in [1.29, 1.82) is 0 Å². The van der Waals surface area contributed by atoms with Crippen molar-refractivity contribution in [2.24, 2.45) is 11.3 Å². The quantitative estimate of drug-likeness (QED) is 0.880. The number of amides is 1. The largest absolute Gasteiger partial charge is 0.495 e. The van der Waals surface area contributed by atoms with Crippen LogP contribution in [0, 0.1) is 11.3 Å². The maximum absolute atomic E-state index is 12.7. The molecular formula is C20H24N2O2S. The summed E-state index contributed by atoms with van der Waals surface area (Å²) < 4.78 is 5.33. The first-order valence-corrected chi connectivity index (χ1v) is 9.77. The molecular weight excluding hydrogens is 332 g/mol. The molecule has 1 aromatic heterocycles. The number of hydrogen-bond donors (Lipinski definition) is 1. The number of piperidine rings is 1. The minimum absolute atomic E-state index is 0.149. The standard InChI is InChI=1S/C20H24N2O2S/c1-24-18-7-3-2-6-17(18)21-19(23)16-13-20(16)8-10-22(11-9-20)14-15-5-4-12-25-15/h2-7,12,16H,8-11,13-14H2,1H3,(H,21,23). The third-order valence-corrected chi connectivity index (χ3v) is 6.54. The molecule has 1 spiro atoms. The van der Waals surface area contributed by atoms with Crippen LogP contribution in [0.25, 0.3) is 0 Å². The molecule has 132 valence electrons. The molecule has 2 aliphatic rings. The minimum atomic E-state index is 0.149. The molecule has 25 heavy (non-hydrogen) atoms. The molecule has 1 aromatic carbocycles. The first kappa shape index (κ1) is 16.6. The Kier molecular flexibility index (Phi) is 4.52. The number of benzene rings is 1. The molecule has 1 saturated carbocycles. The summed E-state index contributed by atoms with van der Waals surface area (Å²) in [6, 6.07) is 11.9. The second-order valence-electron chi connectivity index (χ2n) is 7.16. The van der Waals surface area contributed by atoms with Gasteiger partial charge in [-0.3, -0.25) is 9.69 Å². The van der Waals surface area contributed by atoms with Gasteiger partial charge < -0.3 is 10.1 Å². The van der Waals surface area contributed by atoms with E-state index in [1.54, 1.807) is 7.11 Å². The van der Waals surface area contributed by atoms with Gasteiger partial charge in [-0.25, -0.2) is 0 Å². The second-order valence-corrected chi connectivity index (χ2v) is 8.20. The minimum Gasteiger partial charge on any atom is -0.495 e. The Hall–Kier alpha value is -1.85. The van der Waals surface area contributed by atoms with Crippen molar-refractivity contribution >= 4 is 22.9 Å². The highest BCUT2D eigenvalue weighted by atomic mass is 32.1. The lowest BCUT2D eigenvalue weighted by atomic mass is 9.90. The summed E-state index contributed by atoms with van der Waals surface area (Å²) in [7, 11) is 1.63. The number of likely N-dealkylation sites (tertiary alicyclic amines) is 1. The Morgan fingerprint density at radius 1 is 1.28 bits per heavy atom. The van der Waals surface area contributed by atoms with E-state index in [2.05, 4.69) is 27.7 Å². The topological polar surface area (TPSA) is 41.6 Å². The van der Waals surface area contributed by atoms with Gasteiger partial charge in [0.15, 0.2) is 0 Å². The van der Waals surface area contributed by atoms with Crippen molar-refractivity contribution in [3.8, 4) is 5.75 Å². The average molecular weight is 356 g/mol. The maximum Gasteiger partial charge on any atom is 0.228 e. The van der Waals surface area contributed by atoms with Crippen LogP contribution in [-0.4, -0.2) is 31.0 Å². The first-order valence-electron chi connectivity index (χ1n) is 8.89.